The number of nitrogens with one attached hydrogen (secondary N) is 2. The fourth-order valence-corrected chi connectivity index (χ4v) is 3.16. The van der Waals surface area contributed by atoms with E-state index in [0.717, 1.165) is 5.56 Å². The number of hydrogen-bond donors (Lipinski definition) is 3. The van der Waals surface area contributed by atoms with Crippen LogP contribution in [0.2, 0.25) is 0 Å². The Morgan fingerprint density at radius 3 is 2.89 bits per heavy atom. The summed E-state index contributed by atoms with van der Waals surface area (Å²) >= 11 is 0. The Kier molecular flexibility index (Phi) is 3.87. The third-order valence-electron chi connectivity index (χ3n) is 2.68. The largest absolute Gasteiger partial charge is 0.399 e. The minimum Gasteiger partial charge on any atom is -0.399 e. The van der Waals surface area contributed by atoms with Crippen LogP contribution in [0.1, 0.15) is 24.1 Å². The Morgan fingerprint density at radius 2 is 2.26 bits per heavy atom. The Morgan fingerprint density at radius 1 is 1.47 bits per heavy atom. The zero-order chi connectivity index (χ0) is 13.9. The monoisotopic (exact) mass is 280 g/mol. The van der Waals surface area contributed by atoms with E-state index in [1.807, 2.05) is 0 Å². The van der Waals surface area contributed by atoms with Gasteiger partial charge in [0, 0.05) is 23.5 Å². The van der Waals surface area contributed by atoms with Gasteiger partial charge in [0.05, 0.1) is 11.9 Å². The molecule has 19 heavy (non-hydrogen) atoms. The number of nitrogen functional groups attached to an aromatic ring is 1. The number of hydrogen-bond acceptors (Lipinski definition) is 4. The van der Waals surface area contributed by atoms with Gasteiger partial charge in [0.1, 0.15) is 0 Å². The van der Waals surface area contributed by atoms with Crippen LogP contribution in [0.25, 0.3) is 0 Å². The second kappa shape index (κ2) is 5.41. The molecule has 1 heterocycles. The average molecular weight is 280 g/mol. The molecule has 1 unspecified atom stereocenters. The summed E-state index contributed by atoms with van der Waals surface area (Å²) < 4.78 is 26.7. The first-order chi connectivity index (χ1) is 8.96. The first-order valence-electron chi connectivity index (χ1n) is 5.79. The van der Waals surface area contributed by atoms with E-state index in [1.165, 1.54) is 0 Å². The summed E-state index contributed by atoms with van der Waals surface area (Å²) in [5, 5.41) is 6.44. The first-order valence-corrected chi connectivity index (χ1v) is 7.44. The van der Waals surface area contributed by atoms with Crippen LogP contribution >= 0.6 is 0 Å². The van der Waals surface area contributed by atoms with E-state index >= 15 is 0 Å². The number of anilines is 1. The minimum absolute atomic E-state index is 0.0970. The van der Waals surface area contributed by atoms with Crippen LogP contribution in [0.4, 0.5) is 5.69 Å². The van der Waals surface area contributed by atoms with Crippen molar-refractivity contribution in [3.8, 4) is 0 Å². The minimum atomic E-state index is -3.42. The number of aromatic amines is 1. The molecule has 0 aliphatic rings. The van der Waals surface area contributed by atoms with Gasteiger partial charge in [-0.05, 0) is 24.6 Å². The predicted molar refractivity (Wildman–Crippen MR) is 73.6 cm³/mol. The normalized spacial score (nSPS) is 13.3. The summed E-state index contributed by atoms with van der Waals surface area (Å²) in [7, 11) is -3.42. The van der Waals surface area contributed by atoms with Crippen LogP contribution in [0.5, 0.6) is 0 Å². The zero-order valence-corrected chi connectivity index (χ0v) is 11.3. The molecular weight excluding hydrogens is 264 g/mol. The van der Waals surface area contributed by atoms with Crippen molar-refractivity contribution in [2.24, 2.45) is 0 Å². The summed E-state index contributed by atoms with van der Waals surface area (Å²) in [6.07, 6.45) is 3.25. The maximum absolute atomic E-state index is 12.0. The number of aromatic nitrogens is 2. The summed E-state index contributed by atoms with van der Waals surface area (Å²) in [6, 6.07) is 6.52. The molecule has 0 spiro atoms. The third kappa shape index (κ3) is 3.80. The highest BCUT2D eigenvalue weighted by molar-refractivity contribution is 7.88. The van der Waals surface area contributed by atoms with E-state index in [1.54, 1.807) is 43.6 Å². The first kappa shape index (κ1) is 13.6. The van der Waals surface area contributed by atoms with Gasteiger partial charge in [-0.3, -0.25) is 5.10 Å². The topological polar surface area (TPSA) is 101 Å². The van der Waals surface area contributed by atoms with Crippen molar-refractivity contribution in [2.45, 2.75) is 18.7 Å². The Bertz CT molecular complexity index is 638. The van der Waals surface area contributed by atoms with Gasteiger partial charge in [-0.1, -0.05) is 12.1 Å². The lowest BCUT2D eigenvalue weighted by Gasteiger charge is -2.12. The number of nitrogens with zero attached hydrogens (tertiary/aromatic N) is 1. The highest BCUT2D eigenvalue weighted by atomic mass is 32.2. The molecule has 2 rings (SSSR count). The zero-order valence-electron chi connectivity index (χ0n) is 10.5. The van der Waals surface area contributed by atoms with Crippen LogP contribution in [-0.4, -0.2) is 18.6 Å². The number of rotatable bonds is 5. The fourth-order valence-electron chi connectivity index (χ4n) is 1.78. The molecule has 6 nitrogen and oxygen atoms in total. The van der Waals surface area contributed by atoms with E-state index in [9.17, 15) is 8.42 Å². The maximum Gasteiger partial charge on any atom is 0.216 e. The van der Waals surface area contributed by atoms with Crippen molar-refractivity contribution in [1.82, 2.24) is 14.9 Å². The van der Waals surface area contributed by atoms with Gasteiger partial charge >= 0.3 is 0 Å². The van der Waals surface area contributed by atoms with Crippen molar-refractivity contribution in [3.63, 3.8) is 0 Å². The molecular formula is C12H16N4O2S. The van der Waals surface area contributed by atoms with Crippen molar-refractivity contribution in [3.05, 3.63) is 47.8 Å². The number of benzene rings is 1. The molecule has 0 aliphatic heterocycles. The fraction of sp³-hybridized carbons (Fsp3) is 0.250. The molecule has 0 aliphatic carbocycles. The predicted octanol–water partition coefficient (Wildman–Crippen LogP) is 1.17. The molecule has 2 aromatic rings. The van der Waals surface area contributed by atoms with Crippen LogP contribution in [0.3, 0.4) is 0 Å². The standard InChI is InChI=1S/C12H16N4O2S/c1-9(11-6-14-15-7-11)16-19(17,18)8-10-3-2-4-12(13)5-10/h2-7,9,16H,8,13H2,1H3,(H,14,15). The molecule has 0 fully saturated rings. The van der Waals surface area contributed by atoms with E-state index in [0.29, 0.717) is 11.3 Å². The van der Waals surface area contributed by atoms with Crippen molar-refractivity contribution < 1.29 is 8.42 Å². The molecule has 1 aromatic carbocycles. The van der Waals surface area contributed by atoms with Crippen molar-refractivity contribution >= 4 is 15.7 Å². The van der Waals surface area contributed by atoms with Crippen LogP contribution in [0.15, 0.2) is 36.7 Å². The maximum atomic E-state index is 12.0. The summed E-state index contributed by atoms with van der Waals surface area (Å²) in [6.45, 7) is 1.77. The van der Waals surface area contributed by atoms with Crippen LogP contribution < -0.4 is 10.5 Å². The smallest absolute Gasteiger partial charge is 0.216 e. The summed E-state index contributed by atoms with van der Waals surface area (Å²) in [4.78, 5) is 0. The second-order valence-electron chi connectivity index (χ2n) is 4.38. The highest BCUT2D eigenvalue weighted by Crippen LogP contribution is 2.14. The Balaban J connectivity index is 2.07. The average Bonchev–Trinajstić information content (AvgIpc) is 2.80. The van der Waals surface area contributed by atoms with Crippen LogP contribution in [-0.2, 0) is 15.8 Å². The van der Waals surface area contributed by atoms with Crippen molar-refractivity contribution in [2.75, 3.05) is 5.73 Å². The van der Waals surface area contributed by atoms with Gasteiger partial charge < -0.3 is 5.73 Å². The molecule has 0 saturated carbocycles. The van der Waals surface area contributed by atoms with Gasteiger partial charge in [0.15, 0.2) is 0 Å². The number of sulfonamides is 1. The van der Waals surface area contributed by atoms with Crippen LogP contribution in [0, 0.1) is 0 Å². The highest BCUT2D eigenvalue weighted by Gasteiger charge is 2.17. The molecule has 4 N–H and O–H groups in total. The summed E-state index contributed by atoms with van der Waals surface area (Å²) in [5.74, 6) is -0.0970. The molecule has 0 bridgehead atoms. The van der Waals surface area contributed by atoms with E-state index in [4.69, 9.17) is 5.73 Å². The quantitative estimate of drug-likeness (QED) is 0.716. The van der Waals surface area contributed by atoms with Crippen molar-refractivity contribution in [1.29, 1.82) is 0 Å². The second-order valence-corrected chi connectivity index (χ2v) is 6.13. The van der Waals surface area contributed by atoms with Gasteiger partial charge in [-0.15, -0.1) is 0 Å². The lowest BCUT2D eigenvalue weighted by atomic mass is 10.2. The number of H-pyrrole nitrogens is 1. The van der Waals surface area contributed by atoms with Gasteiger partial charge in [0.2, 0.25) is 10.0 Å². The molecule has 7 heteroatoms. The SMILES string of the molecule is CC(NS(=O)(=O)Cc1cccc(N)c1)c1cn[nH]c1. The molecule has 1 atom stereocenters. The van der Waals surface area contributed by atoms with Gasteiger partial charge in [-0.25, -0.2) is 13.1 Å². The molecule has 0 amide bonds. The van der Waals surface area contributed by atoms with E-state index in [-0.39, 0.29) is 11.8 Å². The van der Waals surface area contributed by atoms with E-state index < -0.39 is 10.0 Å². The Hall–Kier alpha value is -1.86. The molecule has 0 radical (unpaired) electrons. The summed E-state index contributed by atoms with van der Waals surface area (Å²) in [5.41, 5.74) is 7.63. The van der Waals surface area contributed by atoms with Gasteiger partial charge in [-0.2, -0.15) is 5.10 Å². The lowest BCUT2D eigenvalue weighted by molar-refractivity contribution is 0.566. The third-order valence-corrected chi connectivity index (χ3v) is 4.11. The lowest BCUT2D eigenvalue weighted by Crippen LogP contribution is -2.27. The van der Waals surface area contributed by atoms with E-state index in [2.05, 4.69) is 14.9 Å². The molecule has 0 saturated heterocycles. The Labute approximate surface area is 112 Å². The molecule has 102 valence electrons. The van der Waals surface area contributed by atoms with Gasteiger partial charge in [0.25, 0.3) is 0 Å². The molecule has 1 aromatic heterocycles. The number of nitrogens with two attached hydrogens (primary N) is 1.